The fraction of sp³-hybridized carbons (Fsp3) is 0.519. The van der Waals surface area contributed by atoms with Crippen LogP contribution in [-0.2, 0) is 0 Å². The molecule has 2 N–H and O–H groups in total. The second-order valence-corrected chi connectivity index (χ2v) is 9.52. The average molecular weight is 495 g/mol. The number of aliphatic hydroxyl groups is 1. The quantitative estimate of drug-likeness (QED) is 0.440. The van der Waals surface area contributed by atoms with Crippen LogP contribution in [0.3, 0.4) is 0 Å². The maximum absolute atomic E-state index is 10.0. The van der Waals surface area contributed by atoms with E-state index in [-0.39, 0.29) is 6.61 Å². The molecule has 2 atom stereocenters. The number of hydrogen-bond acceptors (Lipinski definition) is 9. The van der Waals surface area contributed by atoms with Crippen molar-refractivity contribution < 1.29 is 14.4 Å². The predicted molar refractivity (Wildman–Crippen MR) is 141 cm³/mol. The van der Waals surface area contributed by atoms with Crippen molar-refractivity contribution in [1.82, 2.24) is 25.3 Å². The van der Waals surface area contributed by atoms with Gasteiger partial charge < -0.3 is 24.6 Å². The summed E-state index contributed by atoms with van der Waals surface area (Å²) >= 11 is 0. The van der Waals surface area contributed by atoms with Crippen LogP contribution in [-0.4, -0.2) is 83.7 Å². The van der Waals surface area contributed by atoms with Gasteiger partial charge in [0.2, 0.25) is 0 Å². The highest BCUT2D eigenvalue weighted by molar-refractivity contribution is 5.71. The molecule has 2 aromatic heterocycles. The SMILES string of the molecule is CCCN1CCN(c2cc(-c3c(C)noc3C)nc(-c3cccc(OCC(O)CNC)c3)n2)C[C@H]1C. The first-order valence-electron chi connectivity index (χ1n) is 12.8. The van der Waals surface area contributed by atoms with Gasteiger partial charge in [-0.1, -0.05) is 24.2 Å². The molecule has 9 nitrogen and oxygen atoms in total. The van der Waals surface area contributed by atoms with Gasteiger partial charge in [0, 0.05) is 43.9 Å². The van der Waals surface area contributed by atoms with Crippen LogP contribution in [0, 0.1) is 13.8 Å². The van der Waals surface area contributed by atoms with E-state index >= 15 is 0 Å². The zero-order valence-corrected chi connectivity index (χ0v) is 22.0. The maximum atomic E-state index is 10.0. The largest absolute Gasteiger partial charge is 0.491 e. The summed E-state index contributed by atoms with van der Waals surface area (Å²) < 4.78 is 11.3. The Kier molecular flexibility index (Phi) is 8.56. The van der Waals surface area contributed by atoms with E-state index in [4.69, 9.17) is 19.2 Å². The van der Waals surface area contributed by atoms with Crippen molar-refractivity contribution in [2.45, 2.75) is 46.3 Å². The number of benzene rings is 1. The van der Waals surface area contributed by atoms with Gasteiger partial charge in [-0.3, -0.25) is 4.90 Å². The van der Waals surface area contributed by atoms with Gasteiger partial charge in [-0.2, -0.15) is 0 Å². The number of nitrogens with one attached hydrogen (secondary N) is 1. The second kappa shape index (κ2) is 11.8. The topological polar surface area (TPSA) is 99.8 Å². The summed E-state index contributed by atoms with van der Waals surface area (Å²) in [5, 5.41) is 17.1. The van der Waals surface area contributed by atoms with E-state index < -0.39 is 6.10 Å². The zero-order valence-electron chi connectivity index (χ0n) is 22.0. The molecule has 1 aliphatic rings. The van der Waals surface area contributed by atoms with Gasteiger partial charge in [0.05, 0.1) is 17.0 Å². The molecule has 1 aliphatic heterocycles. The number of hydrogen-bond donors (Lipinski definition) is 2. The van der Waals surface area contributed by atoms with Crippen molar-refractivity contribution in [1.29, 1.82) is 0 Å². The highest BCUT2D eigenvalue weighted by atomic mass is 16.5. The van der Waals surface area contributed by atoms with E-state index in [1.165, 1.54) is 0 Å². The number of ether oxygens (including phenoxy) is 1. The lowest BCUT2D eigenvalue weighted by Crippen LogP contribution is -2.52. The van der Waals surface area contributed by atoms with Crippen molar-refractivity contribution in [3.63, 3.8) is 0 Å². The van der Waals surface area contributed by atoms with E-state index in [2.05, 4.69) is 34.1 Å². The summed E-state index contributed by atoms with van der Waals surface area (Å²) in [5.41, 5.74) is 3.36. The number of rotatable bonds is 10. The van der Waals surface area contributed by atoms with Crippen LogP contribution in [0.5, 0.6) is 5.75 Å². The fourth-order valence-electron chi connectivity index (χ4n) is 4.74. The Morgan fingerprint density at radius 3 is 2.75 bits per heavy atom. The van der Waals surface area contributed by atoms with Crippen molar-refractivity contribution in [3.8, 4) is 28.4 Å². The molecule has 0 aliphatic carbocycles. The van der Waals surface area contributed by atoms with Crippen LogP contribution in [0.4, 0.5) is 5.82 Å². The molecular formula is C27H38N6O3. The molecule has 0 bridgehead atoms. The van der Waals surface area contributed by atoms with Crippen LogP contribution in [0.15, 0.2) is 34.9 Å². The third-order valence-electron chi connectivity index (χ3n) is 6.58. The van der Waals surface area contributed by atoms with Crippen LogP contribution in [0.2, 0.25) is 0 Å². The first-order valence-corrected chi connectivity index (χ1v) is 12.8. The Labute approximate surface area is 213 Å². The Hall–Kier alpha value is -3.01. The number of aromatic nitrogens is 3. The minimum atomic E-state index is -0.585. The maximum Gasteiger partial charge on any atom is 0.162 e. The molecule has 3 heterocycles. The van der Waals surface area contributed by atoms with Crippen LogP contribution < -0.4 is 15.0 Å². The number of anilines is 1. The van der Waals surface area contributed by atoms with Crippen molar-refractivity contribution >= 4 is 5.82 Å². The molecule has 1 aromatic carbocycles. The number of aliphatic hydroxyl groups excluding tert-OH is 1. The molecule has 9 heteroatoms. The number of aryl methyl sites for hydroxylation is 2. The molecule has 1 unspecified atom stereocenters. The van der Waals surface area contributed by atoms with Crippen molar-refractivity contribution in [3.05, 3.63) is 41.8 Å². The summed E-state index contributed by atoms with van der Waals surface area (Å²) in [6.45, 7) is 13.0. The molecule has 36 heavy (non-hydrogen) atoms. The molecule has 0 amide bonds. The molecule has 3 aromatic rings. The van der Waals surface area contributed by atoms with Gasteiger partial charge in [0.1, 0.15) is 30.0 Å². The van der Waals surface area contributed by atoms with Gasteiger partial charge in [0.15, 0.2) is 5.82 Å². The molecule has 194 valence electrons. The highest BCUT2D eigenvalue weighted by Gasteiger charge is 2.26. The Balaban J connectivity index is 1.68. The van der Waals surface area contributed by atoms with E-state index in [9.17, 15) is 5.11 Å². The molecule has 0 saturated carbocycles. The number of likely N-dealkylation sites (N-methyl/N-ethyl adjacent to an activating group) is 1. The van der Waals surface area contributed by atoms with Crippen LogP contribution in [0.25, 0.3) is 22.6 Å². The van der Waals surface area contributed by atoms with Gasteiger partial charge in [-0.25, -0.2) is 9.97 Å². The monoisotopic (exact) mass is 494 g/mol. The normalized spacial score (nSPS) is 17.4. The minimum absolute atomic E-state index is 0.204. The second-order valence-electron chi connectivity index (χ2n) is 9.52. The average Bonchev–Trinajstić information content (AvgIpc) is 3.22. The molecule has 4 rings (SSSR count). The van der Waals surface area contributed by atoms with E-state index in [0.717, 1.165) is 66.7 Å². The van der Waals surface area contributed by atoms with Crippen LogP contribution in [0.1, 0.15) is 31.7 Å². The Morgan fingerprint density at radius 1 is 1.22 bits per heavy atom. The highest BCUT2D eigenvalue weighted by Crippen LogP contribution is 2.32. The van der Waals surface area contributed by atoms with Crippen molar-refractivity contribution in [2.75, 3.05) is 51.3 Å². The smallest absolute Gasteiger partial charge is 0.162 e. The van der Waals surface area contributed by atoms with Crippen LogP contribution >= 0.6 is 0 Å². The van der Waals surface area contributed by atoms with Gasteiger partial charge in [0.25, 0.3) is 0 Å². The molecule has 0 radical (unpaired) electrons. The summed E-state index contributed by atoms with van der Waals surface area (Å²) in [7, 11) is 1.80. The molecule has 1 saturated heterocycles. The lowest BCUT2D eigenvalue weighted by atomic mass is 10.1. The summed E-state index contributed by atoms with van der Waals surface area (Å²) in [4.78, 5) is 14.8. The summed E-state index contributed by atoms with van der Waals surface area (Å²) in [6.07, 6.45) is 0.570. The Bertz CT molecular complexity index is 1130. The fourth-order valence-corrected chi connectivity index (χ4v) is 4.74. The molecular weight excluding hydrogens is 456 g/mol. The van der Waals surface area contributed by atoms with E-state index in [1.54, 1.807) is 7.05 Å². The summed E-state index contributed by atoms with van der Waals surface area (Å²) in [6, 6.07) is 10.2. The standard InChI is InChI=1S/C27H38N6O3/c1-6-10-32-11-12-33(16-18(32)2)25-14-24(26-19(3)31-36-20(26)4)29-27(30-25)21-8-7-9-23(13-21)35-17-22(34)15-28-5/h7-9,13-14,18,22,28,34H,6,10-12,15-17H2,1-5H3/t18-,22?/m1/s1. The third-order valence-corrected chi connectivity index (χ3v) is 6.58. The first kappa shape index (κ1) is 26.1. The third kappa shape index (κ3) is 6.03. The molecule has 1 fully saturated rings. The lowest BCUT2D eigenvalue weighted by molar-refractivity contribution is 0.108. The number of piperazine rings is 1. The molecule has 0 spiro atoms. The van der Waals surface area contributed by atoms with Gasteiger partial charge in [-0.15, -0.1) is 0 Å². The first-order chi connectivity index (χ1) is 17.4. The lowest BCUT2D eigenvalue weighted by Gasteiger charge is -2.40. The predicted octanol–water partition coefficient (Wildman–Crippen LogP) is 3.30. The van der Waals surface area contributed by atoms with Crippen molar-refractivity contribution in [2.24, 2.45) is 0 Å². The van der Waals surface area contributed by atoms with Gasteiger partial charge >= 0.3 is 0 Å². The van der Waals surface area contributed by atoms with E-state index in [1.807, 2.05) is 44.2 Å². The Morgan fingerprint density at radius 2 is 2.06 bits per heavy atom. The summed E-state index contributed by atoms with van der Waals surface area (Å²) in [5.74, 6) is 2.92. The van der Waals surface area contributed by atoms with E-state index in [0.29, 0.717) is 24.2 Å². The van der Waals surface area contributed by atoms with Gasteiger partial charge in [-0.05, 0) is 52.9 Å². The number of nitrogens with zero attached hydrogens (tertiary/aromatic N) is 5. The minimum Gasteiger partial charge on any atom is -0.491 e. The zero-order chi connectivity index (χ0) is 25.7.